The van der Waals surface area contributed by atoms with Crippen molar-refractivity contribution >= 4 is 0 Å². The number of hydrogen-bond acceptors (Lipinski definition) is 3. The molecule has 0 fully saturated rings. The van der Waals surface area contributed by atoms with Crippen LogP contribution in [0.4, 0.5) is 0 Å². The second kappa shape index (κ2) is 6.57. The molecule has 2 rings (SSSR count). The Morgan fingerprint density at radius 1 is 1.20 bits per heavy atom. The minimum atomic E-state index is 0.444. The van der Waals surface area contributed by atoms with Gasteiger partial charge in [0.25, 0.3) is 0 Å². The van der Waals surface area contributed by atoms with Gasteiger partial charge in [0.2, 0.25) is 0 Å². The molecule has 1 aromatic carbocycles. The van der Waals surface area contributed by atoms with Crippen LogP contribution < -0.4 is 10.1 Å². The molecule has 0 radical (unpaired) electrons. The highest BCUT2D eigenvalue weighted by molar-refractivity contribution is 5.33. The quantitative estimate of drug-likeness (QED) is 0.879. The molecule has 1 aromatic heterocycles. The summed E-state index contributed by atoms with van der Waals surface area (Å²) in [5, 5.41) is 7.99. The Bertz CT molecular complexity index is 561. The van der Waals surface area contributed by atoms with E-state index in [2.05, 4.69) is 36.5 Å². The van der Waals surface area contributed by atoms with Crippen molar-refractivity contribution in [2.75, 3.05) is 7.11 Å². The highest BCUT2D eigenvalue weighted by Gasteiger charge is 2.11. The molecule has 0 amide bonds. The second-order valence-corrected chi connectivity index (χ2v) is 5.28. The summed E-state index contributed by atoms with van der Waals surface area (Å²) in [5.74, 6) is 1.37. The van der Waals surface area contributed by atoms with Gasteiger partial charge < -0.3 is 10.1 Å². The van der Waals surface area contributed by atoms with Gasteiger partial charge in [-0.05, 0) is 12.0 Å². The molecule has 4 nitrogen and oxygen atoms in total. The van der Waals surface area contributed by atoms with Gasteiger partial charge in [0, 0.05) is 37.5 Å². The molecule has 0 saturated carbocycles. The van der Waals surface area contributed by atoms with E-state index in [0.29, 0.717) is 5.92 Å². The first-order valence-electron chi connectivity index (χ1n) is 6.97. The number of aryl methyl sites for hydroxylation is 1. The van der Waals surface area contributed by atoms with Crippen molar-refractivity contribution in [3.63, 3.8) is 0 Å². The number of para-hydroxylation sites is 1. The lowest BCUT2D eigenvalue weighted by Crippen LogP contribution is -2.14. The van der Waals surface area contributed by atoms with E-state index in [1.807, 2.05) is 29.9 Å². The van der Waals surface area contributed by atoms with Crippen LogP contribution in [0.25, 0.3) is 0 Å². The first-order valence-corrected chi connectivity index (χ1v) is 6.97. The van der Waals surface area contributed by atoms with Crippen molar-refractivity contribution in [2.45, 2.75) is 32.9 Å². The number of aromatic nitrogens is 2. The highest BCUT2D eigenvalue weighted by Crippen LogP contribution is 2.19. The standard InChI is InChI=1S/C16H23N3O/c1-12(2)16-14(11-19(3)18-16)10-17-9-13-7-5-6-8-15(13)20-4/h5-8,11-12,17H,9-10H2,1-4H3. The minimum Gasteiger partial charge on any atom is -0.496 e. The van der Waals surface area contributed by atoms with E-state index < -0.39 is 0 Å². The normalized spacial score (nSPS) is 11.1. The van der Waals surface area contributed by atoms with Gasteiger partial charge >= 0.3 is 0 Å². The Balaban J connectivity index is 1.99. The van der Waals surface area contributed by atoms with Crippen molar-refractivity contribution in [2.24, 2.45) is 7.05 Å². The number of hydrogen-bond donors (Lipinski definition) is 1. The van der Waals surface area contributed by atoms with Crippen LogP contribution in [0.5, 0.6) is 5.75 Å². The average molecular weight is 273 g/mol. The molecule has 1 heterocycles. The molecule has 0 aliphatic rings. The molecule has 1 N–H and O–H groups in total. The van der Waals surface area contributed by atoms with Crippen LogP contribution in [-0.4, -0.2) is 16.9 Å². The summed E-state index contributed by atoms with van der Waals surface area (Å²) in [7, 11) is 3.67. The Hall–Kier alpha value is -1.81. The number of ether oxygens (including phenoxy) is 1. The van der Waals surface area contributed by atoms with E-state index in [9.17, 15) is 0 Å². The van der Waals surface area contributed by atoms with Crippen LogP contribution in [0.15, 0.2) is 30.5 Å². The van der Waals surface area contributed by atoms with Gasteiger partial charge in [-0.1, -0.05) is 32.0 Å². The topological polar surface area (TPSA) is 39.1 Å². The summed E-state index contributed by atoms with van der Waals surface area (Å²) in [6.45, 7) is 5.95. The van der Waals surface area contributed by atoms with Crippen LogP contribution in [0.3, 0.4) is 0 Å². The smallest absolute Gasteiger partial charge is 0.123 e. The lowest BCUT2D eigenvalue weighted by Gasteiger charge is -2.10. The zero-order chi connectivity index (χ0) is 14.5. The monoisotopic (exact) mass is 273 g/mol. The van der Waals surface area contributed by atoms with Crippen molar-refractivity contribution in [3.05, 3.63) is 47.3 Å². The molecule has 4 heteroatoms. The lowest BCUT2D eigenvalue weighted by atomic mass is 10.1. The third-order valence-electron chi connectivity index (χ3n) is 3.31. The summed E-state index contributed by atoms with van der Waals surface area (Å²) in [6, 6.07) is 8.09. The van der Waals surface area contributed by atoms with E-state index in [-0.39, 0.29) is 0 Å². The number of rotatable bonds is 6. The zero-order valence-corrected chi connectivity index (χ0v) is 12.7. The van der Waals surface area contributed by atoms with Gasteiger partial charge in [0.05, 0.1) is 12.8 Å². The van der Waals surface area contributed by atoms with Crippen LogP contribution in [0, 0.1) is 0 Å². The van der Waals surface area contributed by atoms with Crippen molar-refractivity contribution < 1.29 is 4.74 Å². The summed E-state index contributed by atoms with van der Waals surface area (Å²) in [5.41, 5.74) is 3.60. The molecule has 0 spiro atoms. The Morgan fingerprint density at radius 3 is 2.60 bits per heavy atom. The molecule has 0 aliphatic heterocycles. The predicted octanol–water partition coefficient (Wildman–Crippen LogP) is 2.84. The van der Waals surface area contributed by atoms with Gasteiger partial charge in [-0.3, -0.25) is 4.68 Å². The largest absolute Gasteiger partial charge is 0.496 e. The molecule has 0 saturated heterocycles. The van der Waals surface area contributed by atoms with Crippen LogP contribution >= 0.6 is 0 Å². The Labute approximate surface area is 120 Å². The number of nitrogens with one attached hydrogen (secondary N) is 1. The second-order valence-electron chi connectivity index (χ2n) is 5.28. The van der Waals surface area contributed by atoms with E-state index >= 15 is 0 Å². The maximum absolute atomic E-state index is 5.36. The van der Waals surface area contributed by atoms with E-state index in [0.717, 1.165) is 18.8 Å². The summed E-state index contributed by atoms with van der Waals surface area (Å²) in [4.78, 5) is 0. The first kappa shape index (κ1) is 14.6. The van der Waals surface area contributed by atoms with Gasteiger partial charge in [0.15, 0.2) is 0 Å². The summed E-state index contributed by atoms with van der Waals surface area (Å²) < 4.78 is 7.24. The molecule has 20 heavy (non-hydrogen) atoms. The van der Waals surface area contributed by atoms with Gasteiger partial charge in [-0.25, -0.2) is 0 Å². The number of nitrogens with zero attached hydrogens (tertiary/aromatic N) is 2. The van der Waals surface area contributed by atoms with E-state index in [1.54, 1.807) is 7.11 Å². The number of benzene rings is 1. The predicted molar refractivity (Wildman–Crippen MR) is 80.8 cm³/mol. The van der Waals surface area contributed by atoms with Gasteiger partial charge in [-0.2, -0.15) is 5.10 Å². The fraction of sp³-hybridized carbons (Fsp3) is 0.438. The molecule has 0 atom stereocenters. The maximum Gasteiger partial charge on any atom is 0.123 e. The third kappa shape index (κ3) is 3.39. The lowest BCUT2D eigenvalue weighted by molar-refractivity contribution is 0.407. The SMILES string of the molecule is COc1ccccc1CNCc1cn(C)nc1C(C)C. The minimum absolute atomic E-state index is 0.444. The molecule has 0 unspecified atom stereocenters. The molecule has 2 aromatic rings. The molecule has 0 bridgehead atoms. The van der Waals surface area contributed by atoms with Crippen LogP contribution in [-0.2, 0) is 20.1 Å². The Kier molecular flexibility index (Phi) is 4.79. The van der Waals surface area contributed by atoms with Gasteiger partial charge in [0.1, 0.15) is 5.75 Å². The Morgan fingerprint density at radius 2 is 1.90 bits per heavy atom. The van der Waals surface area contributed by atoms with Crippen LogP contribution in [0.2, 0.25) is 0 Å². The third-order valence-corrected chi connectivity index (χ3v) is 3.31. The highest BCUT2D eigenvalue weighted by atomic mass is 16.5. The number of methoxy groups -OCH3 is 1. The van der Waals surface area contributed by atoms with Crippen LogP contribution in [0.1, 0.15) is 36.6 Å². The van der Waals surface area contributed by atoms with E-state index in [4.69, 9.17) is 4.74 Å². The fourth-order valence-corrected chi connectivity index (χ4v) is 2.36. The van der Waals surface area contributed by atoms with E-state index in [1.165, 1.54) is 16.8 Å². The van der Waals surface area contributed by atoms with Gasteiger partial charge in [-0.15, -0.1) is 0 Å². The summed E-state index contributed by atoms with van der Waals surface area (Å²) >= 11 is 0. The molecular formula is C16H23N3O. The maximum atomic E-state index is 5.36. The van der Waals surface area contributed by atoms with Crippen molar-refractivity contribution in [1.82, 2.24) is 15.1 Å². The molecular weight excluding hydrogens is 250 g/mol. The zero-order valence-electron chi connectivity index (χ0n) is 12.7. The fourth-order valence-electron chi connectivity index (χ4n) is 2.36. The summed E-state index contributed by atoms with van der Waals surface area (Å²) in [6.07, 6.45) is 2.09. The first-order chi connectivity index (χ1) is 9.61. The average Bonchev–Trinajstić information content (AvgIpc) is 2.81. The van der Waals surface area contributed by atoms with Crippen molar-refractivity contribution in [1.29, 1.82) is 0 Å². The molecule has 108 valence electrons. The molecule has 0 aliphatic carbocycles. The van der Waals surface area contributed by atoms with Crippen molar-refractivity contribution in [3.8, 4) is 5.75 Å².